The minimum absolute atomic E-state index is 0.0210. The van der Waals surface area contributed by atoms with Crippen LogP contribution < -0.4 is 25.1 Å². The highest BCUT2D eigenvalue weighted by Crippen LogP contribution is 2.50. The fraction of sp³-hybridized carbons (Fsp3) is 0.432. The van der Waals surface area contributed by atoms with E-state index in [9.17, 15) is 22.8 Å². The number of aromatic nitrogens is 2. The average Bonchev–Trinajstić information content (AvgIpc) is 3.34. The van der Waals surface area contributed by atoms with Crippen molar-refractivity contribution in [2.45, 2.75) is 67.4 Å². The minimum Gasteiger partial charge on any atom is -0.481 e. The second-order valence-electron chi connectivity index (χ2n) is 15.5. The summed E-state index contributed by atoms with van der Waals surface area (Å²) in [6, 6.07) is 13.2. The van der Waals surface area contributed by atoms with Crippen molar-refractivity contribution in [1.29, 1.82) is 0 Å². The van der Waals surface area contributed by atoms with Crippen molar-refractivity contribution in [3.8, 4) is 17.0 Å². The van der Waals surface area contributed by atoms with Gasteiger partial charge in [-0.25, -0.2) is 18.7 Å². The van der Waals surface area contributed by atoms with E-state index in [1.54, 1.807) is 42.5 Å². The van der Waals surface area contributed by atoms with Gasteiger partial charge in [0.15, 0.2) is 5.69 Å². The number of amides is 2. The molecule has 0 radical (unpaired) electrons. The second kappa shape index (κ2) is 14.7. The monoisotopic (exact) mass is 773 g/mol. The van der Waals surface area contributed by atoms with Crippen LogP contribution in [-0.4, -0.2) is 43.0 Å². The number of nitrogens with one attached hydrogen (secondary N) is 4. The molecule has 52 heavy (non-hydrogen) atoms. The number of benzene rings is 2. The maximum Gasteiger partial charge on any atom is 0.342 e. The SMILES string of the molecule is COc1[nH]c2c(C(=O)OC3C(C(C)(C)C)CC(C)CC3C(C)(C)C)c(-c3ccc(Cl)cc3)c(Cl)n2c(=O)c1NC(=O)NS(=O)(=O)Nc1ccccc1. The molecule has 1 aliphatic carbocycles. The van der Waals surface area contributed by atoms with Crippen molar-refractivity contribution in [2.75, 3.05) is 17.1 Å². The van der Waals surface area contributed by atoms with Gasteiger partial charge in [0.2, 0.25) is 5.88 Å². The molecule has 2 unspecified atom stereocenters. The molecule has 0 aliphatic heterocycles. The standard InChI is InChI=1S/C37H45Cl2N5O7S/c1-20-18-24(36(2,3)4)29(25(19-20)37(5,6)7)51-34(46)27-26(21-14-16-22(38)17-15-21)30(39)44-31(27)41-32(50-8)28(33(44)45)40-35(47)43-52(48,49)42-23-12-10-9-11-13-23/h9-17,20,24-25,29,41-42H,18-19H2,1-8H3,(H2,40,43,47). The van der Waals surface area contributed by atoms with E-state index in [0.29, 0.717) is 16.5 Å². The molecule has 280 valence electrons. The molecule has 1 saturated carbocycles. The second-order valence-corrected chi connectivity index (χ2v) is 17.7. The van der Waals surface area contributed by atoms with Crippen molar-refractivity contribution in [3.05, 3.63) is 80.7 Å². The Morgan fingerprint density at radius 2 is 1.50 bits per heavy atom. The maximum absolute atomic E-state index is 14.7. The molecule has 0 bridgehead atoms. The summed E-state index contributed by atoms with van der Waals surface area (Å²) in [5, 5.41) is 2.54. The van der Waals surface area contributed by atoms with Crippen LogP contribution in [0, 0.1) is 28.6 Å². The number of carbonyl (C=O) groups is 2. The van der Waals surface area contributed by atoms with Crippen LogP contribution in [0.3, 0.4) is 0 Å². The number of carbonyl (C=O) groups excluding carboxylic acids is 2. The van der Waals surface area contributed by atoms with Crippen LogP contribution in [0.4, 0.5) is 16.2 Å². The van der Waals surface area contributed by atoms with E-state index < -0.39 is 39.6 Å². The Kier molecular flexibility index (Phi) is 11.0. The number of ether oxygens (including phenoxy) is 2. The molecular formula is C37H45Cl2N5O7S. The predicted octanol–water partition coefficient (Wildman–Crippen LogP) is 8.37. The summed E-state index contributed by atoms with van der Waals surface area (Å²) in [6.45, 7) is 15.1. The van der Waals surface area contributed by atoms with Crippen LogP contribution in [-0.2, 0) is 14.9 Å². The lowest BCUT2D eigenvalue weighted by atomic mass is 9.59. The van der Waals surface area contributed by atoms with Crippen molar-refractivity contribution < 1.29 is 27.5 Å². The lowest BCUT2D eigenvalue weighted by molar-refractivity contribution is -0.0922. The number of aromatic amines is 1. The van der Waals surface area contributed by atoms with E-state index in [1.807, 2.05) is 4.72 Å². The zero-order valence-electron chi connectivity index (χ0n) is 30.4. The summed E-state index contributed by atoms with van der Waals surface area (Å²) >= 11 is 13.2. The highest BCUT2D eigenvalue weighted by atomic mass is 35.5. The van der Waals surface area contributed by atoms with E-state index in [-0.39, 0.29) is 56.2 Å². The number of hydrogen-bond acceptors (Lipinski definition) is 7. The Labute approximate surface area is 313 Å². The van der Waals surface area contributed by atoms with E-state index in [2.05, 4.69) is 63.5 Å². The van der Waals surface area contributed by atoms with Crippen molar-refractivity contribution in [2.24, 2.45) is 28.6 Å². The van der Waals surface area contributed by atoms with Gasteiger partial charge >= 0.3 is 22.2 Å². The number of H-pyrrole nitrogens is 1. The highest BCUT2D eigenvalue weighted by molar-refractivity contribution is 7.91. The summed E-state index contributed by atoms with van der Waals surface area (Å²) < 4.78 is 42.4. The number of nitrogens with zero attached hydrogens (tertiary/aromatic N) is 1. The number of fused-ring (bicyclic) bond motifs is 1. The first-order valence-corrected chi connectivity index (χ1v) is 19.1. The first-order valence-electron chi connectivity index (χ1n) is 16.9. The first kappa shape index (κ1) is 39.0. The molecule has 1 aliphatic rings. The van der Waals surface area contributed by atoms with Gasteiger partial charge in [-0.1, -0.05) is 102 Å². The van der Waals surface area contributed by atoms with E-state index in [0.717, 1.165) is 17.2 Å². The number of halogens is 2. The van der Waals surface area contributed by atoms with Crippen molar-refractivity contribution in [3.63, 3.8) is 0 Å². The van der Waals surface area contributed by atoms with Gasteiger partial charge in [-0.05, 0) is 59.4 Å². The molecule has 2 atom stereocenters. The molecular weight excluding hydrogens is 729 g/mol. The third kappa shape index (κ3) is 8.21. The molecule has 2 aromatic heterocycles. The van der Waals surface area contributed by atoms with Crippen LogP contribution in [0.5, 0.6) is 5.88 Å². The third-order valence-electron chi connectivity index (χ3n) is 9.60. The molecule has 4 N–H and O–H groups in total. The maximum atomic E-state index is 14.7. The lowest BCUT2D eigenvalue weighted by Gasteiger charge is -2.50. The summed E-state index contributed by atoms with van der Waals surface area (Å²) in [5.41, 5.74) is -0.946. The van der Waals surface area contributed by atoms with Gasteiger partial charge in [0.25, 0.3) is 5.56 Å². The van der Waals surface area contributed by atoms with Crippen LogP contribution in [0.15, 0.2) is 59.4 Å². The molecule has 2 heterocycles. The van der Waals surface area contributed by atoms with Crippen LogP contribution >= 0.6 is 23.2 Å². The van der Waals surface area contributed by atoms with Crippen molar-refractivity contribution >= 4 is 62.4 Å². The molecule has 1 fully saturated rings. The summed E-state index contributed by atoms with van der Waals surface area (Å²) in [7, 11) is -3.17. The Morgan fingerprint density at radius 1 is 0.923 bits per heavy atom. The Hall–Kier alpha value is -4.20. The van der Waals surface area contributed by atoms with Gasteiger partial charge in [0.05, 0.1) is 12.8 Å². The number of anilines is 2. The van der Waals surface area contributed by atoms with Crippen LogP contribution in [0.25, 0.3) is 16.8 Å². The van der Waals surface area contributed by atoms with Crippen LogP contribution in [0.2, 0.25) is 10.2 Å². The number of urea groups is 1. The van der Waals surface area contributed by atoms with Gasteiger partial charge in [0.1, 0.15) is 22.5 Å². The largest absolute Gasteiger partial charge is 0.481 e. The zero-order valence-corrected chi connectivity index (χ0v) is 32.7. The highest BCUT2D eigenvalue weighted by Gasteiger charge is 2.48. The van der Waals surface area contributed by atoms with Gasteiger partial charge < -0.3 is 14.5 Å². The fourth-order valence-electron chi connectivity index (χ4n) is 7.07. The number of hydrogen-bond donors (Lipinski definition) is 4. The van der Waals surface area contributed by atoms with E-state index >= 15 is 0 Å². The molecule has 0 spiro atoms. The Morgan fingerprint density at radius 3 is 2.04 bits per heavy atom. The Balaban J connectivity index is 1.62. The van der Waals surface area contributed by atoms with Gasteiger partial charge in [-0.2, -0.15) is 8.42 Å². The number of rotatable bonds is 8. The summed E-state index contributed by atoms with van der Waals surface area (Å²) in [6.07, 6.45) is 1.28. The van der Waals surface area contributed by atoms with E-state index in [4.69, 9.17) is 32.7 Å². The number of esters is 1. The molecule has 0 saturated heterocycles. The third-order valence-corrected chi connectivity index (χ3v) is 11.2. The summed E-state index contributed by atoms with van der Waals surface area (Å²) in [5.74, 6) is -0.484. The lowest BCUT2D eigenvalue weighted by Crippen LogP contribution is -2.49. The van der Waals surface area contributed by atoms with Gasteiger partial charge in [-0.15, -0.1) is 0 Å². The Bertz CT molecular complexity index is 2110. The zero-order chi connectivity index (χ0) is 38.3. The molecule has 2 amide bonds. The van der Waals surface area contributed by atoms with Crippen molar-refractivity contribution in [1.82, 2.24) is 14.1 Å². The van der Waals surface area contributed by atoms with Gasteiger partial charge in [0, 0.05) is 22.4 Å². The smallest absolute Gasteiger partial charge is 0.342 e. The molecule has 5 rings (SSSR count). The summed E-state index contributed by atoms with van der Waals surface area (Å²) in [4.78, 5) is 44.8. The van der Waals surface area contributed by atoms with Gasteiger partial charge in [-0.3, -0.25) is 14.8 Å². The topological polar surface area (TPSA) is 160 Å². The normalized spacial score (nSPS) is 19.6. The van der Waals surface area contributed by atoms with Crippen LogP contribution in [0.1, 0.15) is 71.7 Å². The quantitative estimate of drug-likeness (QED) is 0.131. The number of methoxy groups -OCH3 is 1. The molecule has 15 heteroatoms. The molecule has 2 aromatic carbocycles. The van der Waals surface area contributed by atoms with E-state index in [1.165, 1.54) is 19.2 Å². The number of para-hydroxylation sites is 1. The molecule has 4 aromatic rings. The first-order chi connectivity index (χ1) is 24.2. The fourth-order valence-corrected chi connectivity index (χ4v) is 8.36. The predicted molar refractivity (Wildman–Crippen MR) is 205 cm³/mol. The molecule has 12 nitrogen and oxygen atoms in total. The minimum atomic E-state index is -4.41. The average molecular weight is 775 g/mol.